The van der Waals surface area contributed by atoms with Gasteiger partial charge in [0.15, 0.2) is 0 Å². The van der Waals surface area contributed by atoms with E-state index in [2.05, 4.69) is 17.9 Å². The van der Waals surface area contributed by atoms with E-state index in [1.165, 1.54) is 0 Å². The summed E-state index contributed by atoms with van der Waals surface area (Å²) < 4.78 is 5.02. The Morgan fingerprint density at radius 1 is 1.44 bits per heavy atom. The second-order valence-electron chi connectivity index (χ2n) is 3.58. The molecule has 4 heteroatoms. The van der Waals surface area contributed by atoms with Gasteiger partial charge >= 0.3 is 0 Å². The molecule has 16 heavy (non-hydrogen) atoms. The van der Waals surface area contributed by atoms with E-state index in [0.29, 0.717) is 12.2 Å². The van der Waals surface area contributed by atoms with Crippen molar-refractivity contribution in [1.82, 2.24) is 5.32 Å². The molecule has 1 atom stereocenters. The van der Waals surface area contributed by atoms with Gasteiger partial charge in [0.1, 0.15) is 0 Å². The van der Waals surface area contributed by atoms with Gasteiger partial charge in [0.05, 0.1) is 12.6 Å². The molecule has 3 nitrogen and oxygen atoms in total. The summed E-state index contributed by atoms with van der Waals surface area (Å²) in [5.74, 6) is -0.0720. The number of carbonyl (C=O) groups is 1. The summed E-state index contributed by atoms with van der Waals surface area (Å²) >= 11 is 4.17. The fourth-order valence-electron chi connectivity index (χ4n) is 1.34. The molecule has 0 aliphatic carbocycles. The summed E-state index contributed by atoms with van der Waals surface area (Å²) in [6.07, 6.45) is 0.851. The highest BCUT2D eigenvalue weighted by Crippen LogP contribution is 2.08. The molecule has 0 saturated heterocycles. The van der Waals surface area contributed by atoms with Gasteiger partial charge in [-0.15, -0.1) is 12.6 Å². The van der Waals surface area contributed by atoms with Crippen LogP contribution in [-0.4, -0.2) is 25.7 Å². The van der Waals surface area contributed by atoms with Crippen LogP contribution in [-0.2, 0) is 4.74 Å². The van der Waals surface area contributed by atoms with Crippen molar-refractivity contribution in [3.63, 3.8) is 0 Å². The molecule has 88 valence electrons. The summed E-state index contributed by atoms with van der Waals surface area (Å²) in [4.78, 5) is 12.7. The predicted molar refractivity (Wildman–Crippen MR) is 67.1 cm³/mol. The summed E-state index contributed by atoms with van der Waals surface area (Å²) in [6.45, 7) is 2.55. The monoisotopic (exact) mass is 239 g/mol. The second kappa shape index (κ2) is 6.55. The Labute approximate surface area is 102 Å². The number of benzene rings is 1. The lowest BCUT2D eigenvalue weighted by molar-refractivity contribution is 0.0894. The molecule has 1 rings (SSSR count). The van der Waals surface area contributed by atoms with E-state index in [4.69, 9.17) is 4.74 Å². The van der Waals surface area contributed by atoms with Crippen LogP contribution in [0.2, 0.25) is 0 Å². The highest BCUT2D eigenvalue weighted by Gasteiger charge is 2.11. The third kappa shape index (κ3) is 3.87. The van der Waals surface area contributed by atoms with Crippen molar-refractivity contribution < 1.29 is 9.53 Å². The van der Waals surface area contributed by atoms with Crippen molar-refractivity contribution in [3.8, 4) is 0 Å². The van der Waals surface area contributed by atoms with Crippen LogP contribution in [0.3, 0.4) is 0 Å². The minimum atomic E-state index is -0.0720. The van der Waals surface area contributed by atoms with Gasteiger partial charge < -0.3 is 10.1 Å². The van der Waals surface area contributed by atoms with Gasteiger partial charge in [-0.3, -0.25) is 4.79 Å². The maximum Gasteiger partial charge on any atom is 0.251 e. The highest BCUT2D eigenvalue weighted by molar-refractivity contribution is 7.80. The Kier molecular flexibility index (Phi) is 5.35. The van der Waals surface area contributed by atoms with E-state index in [9.17, 15) is 4.79 Å². The number of hydrogen-bond acceptors (Lipinski definition) is 3. The van der Waals surface area contributed by atoms with E-state index in [1.54, 1.807) is 31.4 Å². The number of thiol groups is 1. The standard InChI is InChI=1S/C12H17NO2S/c1-3-10(8-15-2)13-12(14)9-4-6-11(16)7-5-9/h4-7,10,16H,3,8H2,1-2H3,(H,13,14). The Balaban J connectivity index is 2.60. The molecule has 0 fully saturated rings. The van der Waals surface area contributed by atoms with E-state index >= 15 is 0 Å². The van der Waals surface area contributed by atoms with Crippen LogP contribution >= 0.6 is 12.6 Å². The SMILES string of the molecule is CCC(COC)NC(=O)c1ccc(S)cc1. The molecular weight excluding hydrogens is 222 g/mol. The highest BCUT2D eigenvalue weighted by atomic mass is 32.1. The molecule has 1 aromatic carbocycles. The first-order valence-corrected chi connectivity index (χ1v) is 5.71. The van der Waals surface area contributed by atoms with Gasteiger partial charge in [0, 0.05) is 17.6 Å². The Morgan fingerprint density at radius 2 is 2.06 bits per heavy atom. The van der Waals surface area contributed by atoms with Gasteiger partial charge in [-0.05, 0) is 30.7 Å². The quantitative estimate of drug-likeness (QED) is 0.773. The largest absolute Gasteiger partial charge is 0.383 e. The lowest BCUT2D eigenvalue weighted by Crippen LogP contribution is -2.37. The lowest BCUT2D eigenvalue weighted by Gasteiger charge is -2.15. The first kappa shape index (κ1) is 13.1. The van der Waals surface area contributed by atoms with Crippen molar-refractivity contribution in [3.05, 3.63) is 29.8 Å². The molecule has 1 N–H and O–H groups in total. The van der Waals surface area contributed by atoms with Gasteiger partial charge in [-0.1, -0.05) is 6.92 Å². The smallest absolute Gasteiger partial charge is 0.251 e. The first-order valence-electron chi connectivity index (χ1n) is 5.26. The van der Waals surface area contributed by atoms with Crippen molar-refractivity contribution in [2.45, 2.75) is 24.3 Å². The van der Waals surface area contributed by atoms with Crippen LogP contribution in [0.5, 0.6) is 0 Å². The van der Waals surface area contributed by atoms with Gasteiger partial charge in [0.2, 0.25) is 0 Å². The zero-order valence-corrected chi connectivity index (χ0v) is 10.5. The zero-order valence-electron chi connectivity index (χ0n) is 9.56. The molecule has 0 aromatic heterocycles. The van der Waals surface area contributed by atoms with E-state index in [0.717, 1.165) is 11.3 Å². The first-order chi connectivity index (χ1) is 7.67. The summed E-state index contributed by atoms with van der Waals surface area (Å²) in [6, 6.07) is 7.19. The maximum absolute atomic E-state index is 11.8. The third-order valence-corrected chi connectivity index (χ3v) is 2.62. The molecule has 0 radical (unpaired) electrons. The molecule has 0 bridgehead atoms. The van der Waals surface area contributed by atoms with Crippen molar-refractivity contribution in [2.24, 2.45) is 0 Å². The molecule has 0 spiro atoms. The number of ether oxygens (including phenoxy) is 1. The van der Waals surface area contributed by atoms with Crippen LogP contribution in [0, 0.1) is 0 Å². The van der Waals surface area contributed by atoms with Crippen molar-refractivity contribution in [1.29, 1.82) is 0 Å². The van der Waals surface area contributed by atoms with E-state index < -0.39 is 0 Å². The van der Waals surface area contributed by atoms with Crippen LogP contribution in [0.4, 0.5) is 0 Å². The molecule has 0 aliphatic heterocycles. The normalized spacial score (nSPS) is 12.2. The molecule has 1 amide bonds. The Hall–Kier alpha value is -1.00. The number of nitrogens with one attached hydrogen (secondary N) is 1. The second-order valence-corrected chi connectivity index (χ2v) is 4.10. The van der Waals surface area contributed by atoms with Crippen molar-refractivity contribution >= 4 is 18.5 Å². The molecule has 0 saturated carbocycles. The average Bonchev–Trinajstić information content (AvgIpc) is 2.29. The van der Waals surface area contributed by atoms with E-state index in [-0.39, 0.29) is 11.9 Å². The molecule has 1 unspecified atom stereocenters. The minimum absolute atomic E-state index is 0.0631. The van der Waals surface area contributed by atoms with Gasteiger partial charge in [-0.25, -0.2) is 0 Å². The van der Waals surface area contributed by atoms with Crippen LogP contribution < -0.4 is 5.32 Å². The summed E-state index contributed by atoms with van der Waals surface area (Å²) in [5.41, 5.74) is 0.646. The number of hydrogen-bond donors (Lipinski definition) is 2. The third-order valence-electron chi connectivity index (χ3n) is 2.33. The molecule has 0 aliphatic rings. The Morgan fingerprint density at radius 3 is 2.56 bits per heavy atom. The number of rotatable bonds is 5. The van der Waals surface area contributed by atoms with Gasteiger partial charge in [0.25, 0.3) is 5.91 Å². The zero-order chi connectivity index (χ0) is 12.0. The minimum Gasteiger partial charge on any atom is -0.383 e. The summed E-state index contributed by atoms with van der Waals surface area (Å²) in [7, 11) is 1.63. The van der Waals surface area contributed by atoms with Crippen LogP contribution in [0.15, 0.2) is 29.2 Å². The van der Waals surface area contributed by atoms with Crippen molar-refractivity contribution in [2.75, 3.05) is 13.7 Å². The summed E-state index contributed by atoms with van der Waals surface area (Å²) in [5, 5.41) is 2.91. The van der Waals surface area contributed by atoms with Gasteiger partial charge in [-0.2, -0.15) is 0 Å². The fraction of sp³-hybridized carbons (Fsp3) is 0.417. The lowest BCUT2D eigenvalue weighted by atomic mass is 10.2. The Bertz CT molecular complexity index is 337. The maximum atomic E-state index is 11.8. The molecule has 1 aromatic rings. The number of amides is 1. The fourth-order valence-corrected chi connectivity index (χ4v) is 1.49. The average molecular weight is 239 g/mol. The van der Waals surface area contributed by atoms with E-state index in [1.807, 2.05) is 6.92 Å². The predicted octanol–water partition coefficient (Wildman–Crippen LogP) is 2.13. The van der Waals surface area contributed by atoms with Crippen LogP contribution in [0.25, 0.3) is 0 Å². The molecular formula is C12H17NO2S. The number of methoxy groups -OCH3 is 1. The van der Waals surface area contributed by atoms with Crippen LogP contribution in [0.1, 0.15) is 23.7 Å². The topological polar surface area (TPSA) is 38.3 Å². The number of carbonyl (C=O) groups excluding carboxylic acids is 1. The molecule has 0 heterocycles.